The van der Waals surface area contributed by atoms with Gasteiger partial charge in [0.25, 0.3) is 0 Å². The van der Waals surface area contributed by atoms with Crippen molar-refractivity contribution in [3.8, 4) is 0 Å². The first kappa shape index (κ1) is 17.2. The summed E-state index contributed by atoms with van der Waals surface area (Å²) >= 11 is 0. The van der Waals surface area contributed by atoms with Crippen molar-refractivity contribution in [2.45, 2.75) is 45.1 Å². The van der Waals surface area contributed by atoms with Gasteiger partial charge in [-0.25, -0.2) is 0 Å². The van der Waals surface area contributed by atoms with Crippen molar-refractivity contribution in [3.05, 3.63) is 0 Å². The van der Waals surface area contributed by atoms with Crippen LogP contribution in [-0.2, 0) is 9.59 Å². The zero-order chi connectivity index (χ0) is 13.8. The van der Waals surface area contributed by atoms with Gasteiger partial charge >= 0.3 is 0 Å². The highest BCUT2D eigenvalue weighted by Crippen LogP contribution is 2.31. The smallest absolute Gasteiger partial charge is 0.224 e. The number of carbonyl (C=O) groups is 2. The molecule has 5 nitrogen and oxygen atoms in total. The first-order chi connectivity index (χ1) is 9.11. The summed E-state index contributed by atoms with van der Waals surface area (Å²) in [5.41, 5.74) is 5.97. The SMILES string of the molecule is CCC(=O)N1CCCC(C(=O)NCC(N)C2CC2)C1.Cl. The lowest BCUT2D eigenvalue weighted by molar-refractivity contribution is -0.135. The summed E-state index contributed by atoms with van der Waals surface area (Å²) in [5, 5.41) is 2.95. The van der Waals surface area contributed by atoms with Crippen LogP contribution < -0.4 is 11.1 Å². The second kappa shape index (κ2) is 7.84. The molecule has 0 aromatic carbocycles. The van der Waals surface area contributed by atoms with E-state index >= 15 is 0 Å². The van der Waals surface area contributed by atoms with Gasteiger partial charge in [0.2, 0.25) is 11.8 Å². The molecule has 2 aliphatic rings. The lowest BCUT2D eigenvalue weighted by Crippen LogP contribution is -2.47. The molecular weight excluding hydrogens is 278 g/mol. The molecule has 0 bridgehead atoms. The van der Waals surface area contributed by atoms with Crippen LogP contribution in [-0.4, -0.2) is 42.4 Å². The Morgan fingerprint density at radius 2 is 2.05 bits per heavy atom. The van der Waals surface area contributed by atoms with Crippen LogP contribution in [0, 0.1) is 11.8 Å². The van der Waals surface area contributed by atoms with Crippen molar-refractivity contribution in [2.75, 3.05) is 19.6 Å². The molecule has 1 heterocycles. The number of piperidine rings is 1. The number of amides is 2. The third-order valence-corrected chi connectivity index (χ3v) is 4.19. The fourth-order valence-electron chi connectivity index (χ4n) is 2.70. The highest BCUT2D eigenvalue weighted by atomic mass is 35.5. The van der Waals surface area contributed by atoms with Gasteiger partial charge in [-0.2, -0.15) is 0 Å². The first-order valence-corrected chi connectivity index (χ1v) is 7.43. The molecule has 2 rings (SSSR count). The van der Waals surface area contributed by atoms with Gasteiger partial charge in [0.15, 0.2) is 0 Å². The van der Waals surface area contributed by atoms with E-state index in [9.17, 15) is 9.59 Å². The molecule has 116 valence electrons. The van der Waals surface area contributed by atoms with Crippen LogP contribution in [0.25, 0.3) is 0 Å². The van der Waals surface area contributed by atoms with Crippen molar-refractivity contribution in [1.29, 1.82) is 0 Å². The Balaban J connectivity index is 0.00000200. The largest absolute Gasteiger partial charge is 0.354 e. The highest BCUT2D eigenvalue weighted by molar-refractivity contribution is 5.85. The maximum Gasteiger partial charge on any atom is 0.224 e. The summed E-state index contributed by atoms with van der Waals surface area (Å²) in [6.07, 6.45) is 4.69. The Morgan fingerprint density at radius 1 is 1.35 bits per heavy atom. The second-order valence-corrected chi connectivity index (χ2v) is 5.78. The zero-order valence-corrected chi connectivity index (χ0v) is 13.0. The first-order valence-electron chi connectivity index (χ1n) is 7.43. The van der Waals surface area contributed by atoms with Gasteiger partial charge in [-0.3, -0.25) is 9.59 Å². The number of likely N-dealkylation sites (tertiary alicyclic amines) is 1. The van der Waals surface area contributed by atoms with E-state index in [4.69, 9.17) is 5.73 Å². The number of nitrogens with two attached hydrogens (primary N) is 1. The standard InChI is InChI=1S/C14H25N3O2.ClH/c1-2-13(18)17-7-3-4-11(9-17)14(19)16-8-12(15)10-5-6-10;/h10-12H,2-9,15H2,1H3,(H,16,19);1H. The fraction of sp³-hybridized carbons (Fsp3) is 0.857. The maximum atomic E-state index is 12.1. The molecule has 3 N–H and O–H groups in total. The molecule has 1 saturated heterocycles. The van der Waals surface area contributed by atoms with Gasteiger partial charge in [0.05, 0.1) is 5.92 Å². The Kier molecular flexibility index (Phi) is 6.76. The molecule has 1 aliphatic heterocycles. The van der Waals surface area contributed by atoms with Crippen LogP contribution in [0.3, 0.4) is 0 Å². The molecule has 2 unspecified atom stereocenters. The van der Waals surface area contributed by atoms with Gasteiger partial charge in [0, 0.05) is 32.1 Å². The number of rotatable bonds is 5. The predicted octanol–water partition coefficient (Wildman–Crippen LogP) is 0.910. The van der Waals surface area contributed by atoms with E-state index in [1.54, 1.807) is 0 Å². The van der Waals surface area contributed by atoms with Crippen molar-refractivity contribution in [1.82, 2.24) is 10.2 Å². The maximum absolute atomic E-state index is 12.1. The molecule has 2 atom stereocenters. The molecule has 0 radical (unpaired) electrons. The lowest BCUT2D eigenvalue weighted by atomic mass is 9.96. The number of nitrogens with one attached hydrogen (secondary N) is 1. The van der Waals surface area contributed by atoms with Crippen LogP contribution in [0.4, 0.5) is 0 Å². The van der Waals surface area contributed by atoms with Crippen LogP contribution in [0.15, 0.2) is 0 Å². The molecule has 20 heavy (non-hydrogen) atoms. The molecule has 0 aromatic rings. The summed E-state index contributed by atoms with van der Waals surface area (Å²) in [7, 11) is 0. The van der Waals surface area contributed by atoms with Crippen molar-refractivity contribution < 1.29 is 9.59 Å². The van der Waals surface area contributed by atoms with Gasteiger partial charge in [-0.15, -0.1) is 12.4 Å². The molecule has 0 aromatic heterocycles. The van der Waals surface area contributed by atoms with Gasteiger partial charge in [-0.1, -0.05) is 6.92 Å². The van der Waals surface area contributed by atoms with E-state index < -0.39 is 0 Å². The highest BCUT2D eigenvalue weighted by Gasteiger charge is 2.31. The summed E-state index contributed by atoms with van der Waals surface area (Å²) in [6, 6.07) is 0.0981. The molecule has 6 heteroatoms. The number of nitrogens with zero attached hydrogens (tertiary/aromatic N) is 1. The Hall–Kier alpha value is -0.810. The van der Waals surface area contributed by atoms with Crippen molar-refractivity contribution >= 4 is 24.2 Å². The molecular formula is C14H26ClN3O2. The van der Waals surface area contributed by atoms with Crippen LogP contribution >= 0.6 is 12.4 Å². The number of halogens is 1. The van der Waals surface area contributed by atoms with Crippen LogP contribution in [0.2, 0.25) is 0 Å². The van der Waals surface area contributed by atoms with Gasteiger partial charge in [0.1, 0.15) is 0 Å². The van der Waals surface area contributed by atoms with Crippen LogP contribution in [0.5, 0.6) is 0 Å². The average Bonchev–Trinajstić information content (AvgIpc) is 3.28. The van der Waals surface area contributed by atoms with Crippen molar-refractivity contribution in [2.24, 2.45) is 17.6 Å². The Bertz CT molecular complexity index is 347. The molecule has 1 saturated carbocycles. The number of hydrogen-bond acceptors (Lipinski definition) is 3. The van der Waals surface area contributed by atoms with Crippen molar-refractivity contribution in [3.63, 3.8) is 0 Å². The second-order valence-electron chi connectivity index (χ2n) is 5.78. The minimum atomic E-state index is -0.0596. The molecule has 2 amide bonds. The number of carbonyl (C=O) groups excluding carboxylic acids is 2. The van der Waals surface area contributed by atoms with E-state index in [1.807, 2.05) is 11.8 Å². The molecule has 0 spiro atoms. The van der Waals surface area contributed by atoms with E-state index in [1.165, 1.54) is 12.8 Å². The van der Waals surface area contributed by atoms with Crippen LogP contribution in [0.1, 0.15) is 39.0 Å². The topological polar surface area (TPSA) is 75.4 Å². The zero-order valence-electron chi connectivity index (χ0n) is 12.1. The summed E-state index contributed by atoms with van der Waals surface area (Å²) in [5.74, 6) is 0.748. The summed E-state index contributed by atoms with van der Waals surface area (Å²) in [6.45, 7) is 3.79. The Labute approximate surface area is 127 Å². The Morgan fingerprint density at radius 3 is 2.65 bits per heavy atom. The van der Waals surface area contributed by atoms with Gasteiger partial charge < -0.3 is 16.0 Å². The average molecular weight is 304 g/mol. The van der Waals surface area contributed by atoms with E-state index in [2.05, 4.69) is 5.32 Å². The molecule has 2 fully saturated rings. The minimum Gasteiger partial charge on any atom is -0.354 e. The quantitative estimate of drug-likeness (QED) is 0.793. The summed E-state index contributed by atoms with van der Waals surface area (Å²) in [4.78, 5) is 25.6. The monoisotopic (exact) mass is 303 g/mol. The normalized spacial score (nSPS) is 23.7. The predicted molar refractivity (Wildman–Crippen MR) is 80.6 cm³/mol. The number of hydrogen-bond donors (Lipinski definition) is 2. The molecule has 1 aliphatic carbocycles. The fourth-order valence-corrected chi connectivity index (χ4v) is 2.70. The van der Waals surface area contributed by atoms with E-state index in [0.717, 1.165) is 19.4 Å². The van der Waals surface area contributed by atoms with E-state index in [0.29, 0.717) is 25.4 Å². The lowest BCUT2D eigenvalue weighted by Gasteiger charge is -2.32. The minimum absolute atomic E-state index is 0. The summed E-state index contributed by atoms with van der Waals surface area (Å²) < 4.78 is 0. The van der Waals surface area contributed by atoms with Gasteiger partial charge in [-0.05, 0) is 31.6 Å². The third kappa shape index (κ3) is 4.63. The van der Waals surface area contributed by atoms with E-state index in [-0.39, 0.29) is 36.2 Å². The third-order valence-electron chi connectivity index (χ3n) is 4.19.